The Kier molecular flexibility index (Phi) is 7.45. The van der Waals surface area contributed by atoms with Crippen molar-refractivity contribution in [3.8, 4) is 5.75 Å². The molecule has 2 N–H and O–H groups in total. The van der Waals surface area contributed by atoms with Gasteiger partial charge in [0, 0.05) is 25.6 Å². The molecule has 6 heteroatoms. The smallest absolute Gasteiger partial charge is 0.118 e. The SMILES string of the molecule is CCOC1CN(C)CC(OCC(O)CO)C1c1ccc(OC)cc1. The number of hydrogen-bond acceptors (Lipinski definition) is 6. The number of piperidine rings is 1. The van der Waals surface area contributed by atoms with Gasteiger partial charge < -0.3 is 29.3 Å². The summed E-state index contributed by atoms with van der Waals surface area (Å²) in [6.45, 7) is 4.01. The third-order valence-electron chi connectivity index (χ3n) is 4.38. The van der Waals surface area contributed by atoms with Gasteiger partial charge in [0.2, 0.25) is 0 Å². The van der Waals surface area contributed by atoms with Crippen molar-refractivity contribution in [2.24, 2.45) is 0 Å². The number of nitrogens with zero attached hydrogens (tertiary/aromatic N) is 1. The van der Waals surface area contributed by atoms with Crippen LogP contribution < -0.4 is 4.74 Å². The van der Waals surface area contributed by atoms with E-state index in [0.717, 1.165) is 24.4 Å². The van der Waals surface area contributed by atoms with Crippen molar-refractivity contribution in [1.29, 1.82) is 0 Å². The number of methoxy groups -OCH3 is 1. The number of ether oxygens (including phenoxy) is 3. The molecule has 1 aliphatic rings. The number of benzene rings is 1. The lowest BCUT2D eigenvalue weighted by Gasteiger charge is -2.42. The monoisotopic (exact) mass is 339 g/mol. The van der Waals surface area contributed by atoms with Crippen LogP contribution in [0.15, 0.2) is 24.3 Å². The van der Waals surface area contributed by atoms with E-state index in [0.29, 0.717) is 6.61 Å². The quantitative estimate of drug-likeness (QED) is 0.732. The second-order valence-corrected chi connectivity index (χ2v) is 6.22. The minimum atomic E-state index is -0.862. The Bertz CT molecular complexity index is 481. The molecule has 0 bridgehead atoms. The van der Waals surface area contributed by atoms with Crippen molar-refractivity contribution in [1.82, 2.24) is 4.90 Å². The Morgan fingerprint density at radius 2 is 1.79 bits per heavy atom. The van der Waals surface area contributed by atoms with Gasteiger partial charge >= 0.3 is 0 Å². The van der Waals surface area contributed by atoms with Crippen LogP contribution in [0.2, 0.25) is 0 Å². The van der Waals surface area contributed by atoms with Gasteiger partial charge in [-0.05, 0) is 31.7 Å². The highest BCUT2D eigenvalue weighted by atomic mass is 16.5. The molecule has 1 heterocycles. The lowest BCUT2D eigenvalue weighted by atomic mass is 9.84. The summed E-state index contributed by atoms with van der Waals surface area (Å²) < 4.78 is 17.2. The number of aliphatic hydroxyl groups is 2. The highest BCUT2D eigenvalue weighted by molar-refractivity contribution is 5.31. The van der Waals surface area contributed by atoms with Gasteiger partial charge in [-0.15, -0.1) is 0 Å². The number of hydrogen-bond donors (Lipinski definition) is 2. The Balaban J connectivity index is 2.21. The molecule has 1 aromatic carbocycles. The molecule has 0 spiro atoms. The lowest BCUT2D eigenvalue weighted by molar-refractivity contribution is -0.102. The van der Waals surface area contributed by atoms with Crippen LogP contribution in [0.1, 0.15) is 18.4 Å². The topological polar surface area (TPSA) is 71.4 Å². The van der Waals surface area contributed by atoms with Gasteiger partial charge in [0.15, 0.2) is 0 Å². The van der Waals surface area contributed by atoms with E-state index in [1.807, 2.05) is 38.2 Å². The average molecular weight is 339 g/mol. The first-order valence-corrected chi connectivity index (χ1v) is 8.43. The maximum absolute atomic E-state index is 9.61. The predicted octanol–water partition coefficient (Wildman–Crippen LogP) is 0.868. The fraction of sp³-hybridized carbons (Fsp3) is 0.667. The van der Waals surface area contributed by atoms with E-state index in [9.17, 15) is 5.11 Å². The van der Waals surface area contributed by atoms with E-state index < -0.39 is 6.10 Å². The first-order chi connectivity index (χ1) is 11.6. The summed E-state index contributed by atoms with van der Waals surface area (Å²) in [5.41, 5.74) is 1.13. The fourth-order valence-corrected chi connectivity index (χ4v) is 3.23. The van der Waals surface area contributed by atoms with E-state index in [1.54, 1.807) is 7.11 Å². The largest absolute Gasteiger partial charge is 0.497 e. The summed E-state index contributed by atoms with van der Waals surface area (Å²) in [6.07, 6.45) is -0.965. The van der Waals surface area contributed by atoms with Crippen molar-refractivity contribution in [2.75, 3.05) is 47.1 Å². The normalized spacial score (nSPS) is 26.3. The lowest BCUT2D eigenvalue weighted by Crippen LogP contribution is -2.51. The van der Waals surface area contributed by atoms with Crippen molar-refractivity contribution in [3.63, 3.8) is 0 Å². The second-order valence-electron chi connectivity index (χ2n) is 6.22. The van der Waals surface area contributed by atoms with Gasteiger partial charge in [-0.3, -0.25) is 0 Å². The van der Waals surface area contributed by atoms with E-state index in [2.05, 4.69) is 4.90 Å². The van der Waals surface area contributed by atoms with E-state index in [4.69, 9.17) is 19.3 Å². The zero-order valence-corrected chi connectivity index (χ0v) is 14.7. The molecule has 4 atom stereocenters. The van der Waals surface area contributed by atoms with Gasteiger partial charge in [0.1, 0.15) is 11.9 Å². The zero-order valence-electron chi connectivity index (χ0n) is 14.7. The number of rotatable bonds is 8. The summed E-state index contributed by atoms with van der Waals surface area (Å²) in [4.78, 5) is 2.18. The number of likely N-dealkylation sites (N-methyl/N-ethyl adjacent to an activating group) is 1. The van der Waals surface area contributed by atoms with Crippen LogP contribution in [-0.2, 0) is 9.47 Å². The Morgan fingerprint density at radius 1 is 1.17 bits per heavy atom. The summed E-state index contributed by atoms with van der Waals surface area (Å²) in [5.74, 6) is 0.880. The molecule has 6 nitrogen and oxygen atoms in total. The maximum atomic E-state index is 9.61. The van der Waals surface area contributed by atoms with Crippen LogP contribution in [0, 0.1) is 0 Å². The standard InChI is InChI=1S/C18H29NO5/c1-4-23-16-9-19(2)10-17(24-12-14(21)11-20)18(16)13-5-7-15(22-3)8-6-13/h5-8,14,16-18,20-21H,4,9-12H2,1-3H3. The molecule has 0 aromatic heterocycles. The Morgan fingerprint density at radius 3 is 2.33 bits per heavy atom. The summed E-state index contributed by atoms with van der Waals surface area (Å²) in [6, 6.07) is 7.96. The first kappa shape index (κ1) is 19.1. The van der Waals surface area contributed by atoms with Crippen LogP contribution in [0.5, 0.6) is 5.75 Å². The van der Waals surface area contributed by atoms with Gasteiger partial charge in [-0.1, -0.05) is 12.1 Å². The van der Waals surface area contributed by atoms with Gasteiger partial charge in [-0.25, -0.2) is 0 Å². The number of aliphatic hydroxyl groups excluding tert-OH is 2. The molecular formula is C18H29NO5. The first-order valence-electron chi connectivity index (χ1n) is 8.43. The van der Waals surface area contributed by atoms with E-state index in [-0.39, 0.29) is 31.3 Å². The molecule has 1 saturated heterocycles. The van der Waals surface area contributed by atoms with Gasteiger partial charge in [0.05, 0.1) is 32.5 Å². The molecular weight excluding hydrogens is 310 g/mol. The zero-order chi connectivity index (χ0) is 17.5. The Labute approximate surface area is 143 Å². The third kappa shape index (κ3) is 4.91. The van der Waals surface area contributed by atoms with Crippen LogP contribution in [0.25, 0.3) is 0 Å². The van der Waals surface area contributed by atoms with Crippen molar-refractivity contribution in [3.05, 3.63) is 29.8 Å². The van der Waals surface area contributed by atoms with Crippen LogP contribution in [0.4, 0.5) is 0 Å². The van der Waals surface area contributed by atoms with E-state index >= 15 is 0 Å². The van der Waals surface area contributed by atoms with Crippen LogP contribution in [0.3, 0.4) is 0 Å². The highest BCUT2D eigenvalue weighted by Crippen LogP contribution is 2.33. The second kappa shape index (κ2) is 9.34. The highest BCUT2D eigenvalue weighted by Gasteiger charge is 2.38. The molecule has 24 heavy (non-hydrogen) atoms. The van der Waals surface area contributed by atoms with Crippen LogP contribution >= 0.6 is 0 Å². The average Bonchev–Trinajstić information content (AvgIpc) is 2.60. The molecule has 2 rings (SSSR count). The summed E-state index contributed by atoms with van der Waals surface area (Å²) in [7, 11) is 3.69. The number of likely N-dealkylation sites (tertiary alicyclic amines) is 1. The molecule has 0 saturated carbocycles. The van der Waals surface area contributed by atoms with Gasteiger partial charge in [0.25, 0.3) is 0 Å². The van der Waals surface area contributed by atoms with Gasteiger partial charge in [-0.2, -0.15) is 0 Å². The minimum Gasteiger partial charge on any atom is -0.497 e. The molecule has 1 fully saturated rings. The summed E-state index contributed by atoms with van der Waals surface area (Å²) >= 11 is 0. The van der Waals surface area contributed by atoms with Crippen molar-refractivity contribution >= 4 is 0 Å². The summed E-state index contributed by atoms with van der Waals surface area (Å²) in [5, 5.41) is 18.6. The maximum Gasteiger partial charge on any atom is 0.118 e. The van der Waals surface area contributed by atoms with Crippen molar-refractivity contribution < 1.29 is 24.4 Å². The Hall–Kier alpha value is -1.18. The molecule has 0 amide bonds. The molecule has 0 radical (unpaired) electrons. The molecule has 0 aliphatic carbocycles. The fourth-order valence-electron chi connectivity index (χ4n) is 3.23. The van der Waals surface area contributed by atoms with E-state index in [1.165, 1.54) is 0 Å². The molecule has 136 valence electrons. The predicted molar refractivity (Wildman–Crippen MR) is 91.5 cm³/mol. The van der Waals surface area contributed by atoms with Crippen molar-refractivity contribution in [2.45, 2.75) is 31.2 Å². The third-order valence-corrected chi connectivity index (χ3v) is 4.38. The minimum absolute atomic E-state index is 0.0124. The molecule has 1 aromatic rings. The van der Waals surface area contributed by atoms with Crippen LogP contribution in [-0.4, -0.2) is 80.5 Å². The molecule has 4 unspecified atom stereocenters. The molecule has 1 aliphatic heterocycles.